The topological polar surface area (TPSA) is 52.3 Å². The van der Waals surface area contributed by atoms with E-state index in [1.54, 1.807) is 0 Å². The van der Waals surface area contributed by atoms with Crippen molar-refractivity contribution < 1.29 is 9.53 Å². The van der Waals surface area contributed by atoms with Crippen molar-refractivity contribution in [3.8, 4) is 0 Å². The quantitative estimate of drug-likeness (QED) is 0.796. The lowest BCUT2D eigenvalue weighted by Gasteiger charge is -2.15. The summed E-state index contributed by atoms with van der Waals surface area (Å²) in [6, 6.07) is 9.75. The summed E-state index contributed by atoms with van der Waals surface area (Å²) in [5.41, 5.74) is 6.07. The van der Waals surface area contributed by atoms with Gasteiger partial charge in [0.05, 0.1) is 0 Å². The lowest BCUT2D eigenvalue weighted by Crippen LogP contribution is -2.18. The first-order chi connectivity index (χ1) is 6.77. The molecular formula is C11H13NO2. The molecule has 2 N–H and O–H groups in total. The molecule has 1 aliphatic carbocycles. The molecule has 1 aromatic rings. The van der Waals surface area contributed by atoms with Crippen molar-refractivity contribution in [1.29, 1.82) is 0 Å². The van der Waals surface area contributed by atoms with Gasteiger partial charge in [0.15, 0.2) is 0 Å². The van der Waals surface area contributed by atoms with Crippen molar-refractivity contribution in [2.24, 2.45) is 11.7 Å². The van der Waals surface area contributed by atoms with Gasteiger partial charge in [-0.05, 0) is 18.4 Å². The molecule has 1 atom stereocenters. The van der Waals surface area contributed by atoms with Gasteiger partial charge in [-0.25, -0.2) is 4.79 Å². The minimum absolute atomic E-state index is 0.145. The Labute approximate surface area is 82.9 Å². The van der Waals surface area contributed by atoms with Crippen molar-refractivity contribution in [2.75, 3.05) is 0 Å². The van der Waals surface area contributed by atoms with E-state index in [1.807, 2.05) is 30.3 Å². The summed E-state index contributed by atoms with van der Waals surface area (Å²) in [6.07, 6.45) is 1.40. The molecular weight excluding hydrogens is 178 g/mol. The molecule has 1 saturated carbocycles. The molecule has 0 bridgehead atoms. The molecule has 1 unspecified atom stereocenters. The highest BCUT2D eigenvalue weighted by Gasteiger charge is 2.34. The Morgan fingerprint density at radius 1 is 1.36 bits per heavy atom. The van der Waals surface area contributed by atoms with Gasteiger partial charge in [-0.1, -0.05) is 30.3 Å². The zero-order valence-electron chi connectivity index (χ0n) is 7.85. The largest absolute Gasteiger partial charge is 0.441 e. The van der Waals surface area contributed by atoms with Gasteiger partial charge in [-0.15, -0.1) is 0 Å². The Morgan fingerprint density at radius 3 is 2.50 bits per heavy atom. The first-order valence-electron chi connectivity index (χ1n) is 4.78. The second-order valence-electron chi connectivity index (χ2n) is 3.61. The van der Waals surface area contributed by atoms with E-state index in [0.29, 0.717) is 5.92 Å². The first kappa shape index (κ1) is 9.06. The molecule has 2 rings (SSSR count). The summed E-state index contributed by atoms with van der Waals surface area (Å²) in [5.74, 6) is 0.463. The minimum Gasteiger partial charge on any atom is -0.441 e. The monoisotopic (exact) mass is 191 g/mol. The molecule has 1 amide bonds. The highest BCUT2D eigenvalue weighted by molar-refractivity contribution is 5.65. The Morgan fingerprint density at radius 2 is 2.00 bits per heavy atom. The van der Waals surface area contributed by atoms with Crippen LogP contribution in [-0.4, -0.2) is 6.09 Å². The van der Waals surface area contributed by atoms with Crippen LogP contribution in [0.5, 0.6) is 0 Å². The van der Waals surface area contributed by atoms with Crippen molar-refractivity contribution in [1.82, 2.24) is 0 Å². The summed E-state index contributed by atoms with van der Waals surface area (Å²) in [6.45, 7) is 0. The summed E-state index contributed by atoms with van der Waals surface area (Å²) in [7, 11) is 0. The fourth-order valence-corrected chi connectivity index (χ4v) is 1.60. The standard InChI is InChI=1S/C11H13NO2/c12-11(13)14-10(9-6-7-9)8-4-2-1-3-5-8/h1-5,9-10H,6-7H2,(H2,12,13). The van der Waals surface area contributed by atoms with Crippen molar-refractivity contribution >= 4 is 6.09 Å². The maximum absolute atomic E-state index is 10.7. The molecule has 3 heteroatoms. The van der Waals surface area contributed by atoms with E-state index in [9.17, 15) is 4.79 Å². The van der Waals surface area contributed by atoms with Gasteiger partial charge in [0.25, 0.3) is 0 Å². The molecule has 0 spiro atoms. The number of benzene rings is 1. The Hall–Kier alpha value is -1.51. The van der Waals surface area contributed by atoms with Crippen LogP contribution in [0.4, 0.5) is 4.79 Å². The van der Waals surface area contributed by atoms with E-state index in [4.69, 9.17) is 10.5 Å². The summed E-state index contributed by atoms with van der Waals surface area (Å²) < 4.78 is 5.10. The van der Waals surface area contributed by atoms with Gasteiger partial charge in [0.2, 0.25) is 0 Å². The van der Waals surface area contributed by atoms with Crippen LogP contribution in [0.15, 0.2) is 30.3 Å². The first-order valence-corrected chi connectivity index (χ1v) is 4.78. The second kappa shape index (κ2) is 3.70. The molecule has 0 radical (unpaired) electrons. The van der Waals surface area contributed by atoms with Crippen LogP contribution in [0, 0.1) is 5.92 Å². The molecule has 1 aromatic carbocycles. The smallest absolute Gasteiger partial charge is 0.405 e. The number of hydrogen-bond acceptors (Lipinski definition) is 2. The minimum atomic E-state index is -0.689. The fourth-order valence-electron chi connectivity index (χ4n) is 1.60. The average molecular weight is 191 g/mol. The van der Waals surface area contributed by atoms with Crippen molar-refractivity contribution in [3.63, 3.8) is 0 Å². The molecule has 0 heterocycles. The van der Waals surface area contributed by atoms with Crippen LogP contribution in [0.1, 0.15) is 24.5 Å². The number of primary amides is 1. The number of nitrogens with two attached hydrogens (primary N) is 1. The highest BCUT2D eigenvalue weighted by Crippen LogP contribution is 2.43. The predicted octanol–water partition coefficient (Wildman–Crippen LogP) is 2.23. The zero-order valence-corrected chi connectivity index (χ0v) is 7.85. The molecule has 74 valence electrons. The molecule has 1 aliphatic rings. The predicted molar refractivity (Wildman–Crippen MR) is 52.6 cm³/mol. The number of carbonyl (C=O) groups is 1. The van der Waals surface area contributed by atoms with Gasteiger partial charge < -0.3 is 10.5 Å². The van der Waals surface area contributed by atoms with E-state index in [-0.39, 0.29) is 6.10 Å². The maximum Gasteiger partial charge on any atom is 0.405 e. The highest BCUT2D eigenvalue weighted by atomic mass is 16.6. The van der Waals surface area contributed by atoms with Gasteiger partial charge in [0, 0.05) is 5.92 Å². The van der Waals surface area contributed by atoms with Crippen LogP contribution < -0.4 is 5.73 Å². The van der Waals surface area contributed by atoms with Crippen LogP contribution in [-0.2, 0) is 4.74 Å². The molecule has 14 heavy (non-hydrogen) atoms. The normalized spacial score (nSPS) is 17.4. The number of rotatable bonds is 3. The van der Waals surface area contributed by atoms with E-state index in [2.05, 4.69) is 0 Å². The van der Waals surface area contributed by atoms with Gasteiger partial charge in [-0.3, -0.25) is 0 Å². The van der Waals surface area contributed by atoms with E-state index in [1.165, 1.54) is 0 Å². The fraction of sp³-hybridized carbons (Fsp3) is 0.364. The number of carbonyl (C=O) groups excluding carboxylic acids is 1. The summed E-state index contributed by atoms with van der Waals surface area (Å²) in [4.78, 5) is 10.7. The van der Waals surface area contributed by atoms with Crippen LogP contribution in [0.25, 0.3) is 0 Å². The van der Waals surface area contributed by atoms with Crippen LogP contribution in [0.3, 0.4) is 0 Å². The SMILES string of the molecule is NC(=O)OC(c1ccccc1)C1CC1. The number of hydrogen-bond donors (Lipinski definition) is 1. The van der Waals surface area contributed by atoms with Gasteiger partial charge >= 0.3 is 6.09 Å². The third kappa shape index (κ3) is 2.05. The third-order valence-electron chi connectivity index (χ3n) is 2.42. The average Bonchev–Trinajstić information content (AvgIpc) is 2.99. The third-order valence-corrected chi connectivity index (χ3v) is 2.42. The summed E-state index contributed by atoms with van der Waals surface area (Å²) >= 11 is 0. The molecule has 0 saturated heterocycles. The Balaban J connectivity index is 2.14. The Bertz CT molecular complexity index is 319. The van der Waals surface area contributed by atoms with E-state index < -0.39 is 6.09 Å². The lowest BCUT2D eigenvalue weighted by atomic mass is 10.1. The van der Waals surface area contributed by atoms with Crippen molar-refractivity contribution in [3.05, 3.63) is 35.9 Å². The maximum atomic E-state index is 10.7. The zero-order chi connectivity index (χ0) is 9.97. The summed E-state index contributed by atoms with van der Waals surface area (Å²) in [5, 5.41) is 0. The second-order valence-corrected chi connectivity index (χ2v) is 3.61. The molecule has 0 aromatic heterocycles. The van der Waals surface area contributed by atoms with Crippen LogP contribution >= 0.6 is 0 Å². The van der Waals surface area contributed by atoms with Crippen LogP contribution in [0.2, 0.25) is 0 Å². The van der Waals surface area contributed by atoms with E-state index in [0.717, 1.165) is 18.4 Å². The van der Waals surface area contributed by atoms with Gasteiger partial charge in [-0.2, -0.15) is 0 Å². The molecule has 1 fully saturated rings. The Kier molecular flexibility index (Phi) is 2.39. The molecule has 3 nitrogen and oxygen atoms in total. The number of ether oxygens (including phenoxy) is 1. The number of amides is 1. The molecule has 0 aliphatic heterocycles. The van der Waals surface area contributed by atoms with Gasteiger partial charge in [0.1, 0.15) is 6.10 Å². The lowest BCUT2D eigenvalue weighted by molar-refractivity contribution is 0.0934. The van der Waals surface area contributed by atoms with Crippen molar-refractivity contribution in [2.45, 2.75) is 18.9 Å². The van der Waals surface area contributed by atoms with E-state index >= 15 is 0 Å².